The first-order valence-electron chi connectivity index (χ1n) is 5.52. The van der Waals surface area contributed by atoms with E-state index >= 15 is 0 Å². The van der Waals surface area contributed by atoms with Crippen molar-refractivity contribution in [3.8, 4) is 0 Å². The molecule has 3 N–H and O–H groups in total. The van der Waals surface area contributed by atoms with Gasteiger partial charge in [-0.05, 0) is 0 Å². The molecule has 9 heteroatoms. The van der Waals surface area contributed by atoms with E-state index in [9.17, 15) is 13.2 Å². The summed E-state index contributed by atoms with van der Waals surface area (Å²) in [5, 5.41) is 11.3. The monoisotopic (exact) mass is 270 g/mol. The number of oxime groups is 1. The van der Waals surface area contributed by atoms with Crippen molar-refractivity contribution >= 4 is 5.84 Å². The number of hydrogen-bond acceptors (Lipinski definition) is 5. The zero-order chi connectivity index (χ0) is 13.6. The molecule has 106 valence electrons. The van der Waals surface area contributed by atoms with Crippen LogP contribution in [0.5, 0.6) is 0 Å². The van der Waals surface area contributed by atoms with Gasteiger partial charge in [0.2, 0.25) is 0 Å². The third-order valence-electron chi connectivity index (χ3n) is 2.65. The maximum absolute atomic E-state index is 11.8. The highest BCUT2D eigenvalue weighted by Gasteiger charge is 2.29. The van der Waals surface area contributed by atoms with Crippen LogP contribution < -0.4 is 5.73 Å². The van der Waals surface area contributed by atoms with Gasteiger partial charge in [0, 0.05) is 32.7 Å². The molecule has 0 bridgehead atoms. The van der Waals surface area contributed by atoms with Crippen molar-refractivity contribution in [3.05, 3.63) is 0 Å². The highest BCUT2D eigenvalue weighted by molar-refractivity contribution is 5.81. The lowest BCUT2D eigenvalue weighted by Crippen LogP contribution is -2.49. The summed E-state index contributed by atoms with van der Waals surface area (Å²) in [4.78, 5) is 3.85. The zero-order valence-corrected chi connectivity index (χ0v) is 9.86. The van der Waals surface area contributed by atoms with Gasteiger partial charge < -0.3 is 10.9 Å². The number of hydrogen-bond donors (Lipinski definition) is 2. The lowest BCUT2D eigenvalue weighted by Gasteiger charge is -2.34. The van der Waals surface area contributed by atoms with Crippen molar-refractivity contribution in [2.45, 2.75) is 6.36 Å². The van der Waals surface area contributed by atoms with Crippen LogP contribution in [0.25, 0.3) is 0 Å². The van der Waals surface area contributed by atoms with Crippen molar-refractivity contribution < 1.29 is 23.1 Å². The lowest BCUT2D eigenvalue weighted by atomic mass is 10.3. The average Bonchev–Trinajstić information content (AvgIpc) is 2.29. The second-order valence-corrected chi connectivity index (χ2v) is 4.00. The van der Waals surface area contributed by atoms with Crippen LogP contribution in [0, 0.1) is 0 Å². The van der Waals surface area contributed by atoms with Crippen LogP contribution in [0.2, 0.25) is 0 Å². The molecule has 1 saturated heterocycles. The minimum absolute atomic E-state index is 0.129. The molecule has 1 aliphatic rings. The number of ether oxygens (including phenoxy) is 1. The topological polar surface area (TPSA) is 74.3 Å². The van der Waals surface area contributed by atoms with E-state index in [0.717, 1.165) is 0 Å². The van der Waals surface area contributed by atoms with E-state index in [1.165, 1.54) is 0 Å². The summed E-state index contributed by atoms with van der Waals surface area (Å²) >= 11 is 0. The van der Waals surface area contributed by atoms with Crippen LogP contribution >= 0.6 is 0 Å². The maximum atomic E-state index is 11.8. The largest absolute Gasteiger partial charge is 0.522 e. The lowest BCUT2D eigenvalue weighted by molar-refractivity contribution is -0.325. The summed E-state index contributed by atoms with van der Waals surface area (Å²) in [7, 11) is 0. The van der Waals surface area contributed by atoms with Gasteiger partial charge in [-0.25, -0.2) is 0 Å². The molecule has 0 aliphatic carbocycles. The maximum Gasteiger partial charge on any atom is 0.522 e. The molecule has 0 amide bonds. The Morgan fingerprint density at radius 1 is 1.22 bits per heavy atom. The van der Waals surface area contributed by atoms with Gasteiger partial charge in [0.25, 0.3) is 0 Å². The first-order chi connectivity index (χ1) is 8.40. The van der Waals surface area contributed by atoms with Crippen LogP contribution in [0.15, 0.2) is 5.16 Å². The Balaban J connectivity index is 2.16. The molecule has 0 aromatic carbocycles. The van der Waals surface area contributed by atoms with Gasteiger partial charge in [-0.1, -0.05) is 5.16 Å². The molecule has 1 rings (SSSR count). The number of amidine groups is 1. The Labute approximate surface area is 103 Å². The molecule has 0 aromatic heterocycles. The summed E-state index contributed by atoms with van der Waals surface area (Å²) in [6.45, 7) is 2.87. The van der Waals surface area contributed by atoms with Crippen molar-refractivity contribution in [2.24, 2.45) is 10.9 Å². The number of halogens is 3. The molecular formula is C9H17F3N4O2. The number of alkyl halides is 3. The molecule has 0 atom stereocenters. The molecule has 1 aliphatic heterocycles. The first kappa shape index (κ1) is 15.0. The fraction of sp³-hybridized carbons (Fsp3) is 0.889. The van der Waals surface area contributed by atoms with Crippen LogP contribution in [0.4, 0.5) is 13.2 Å². The Kier molecular flexibility index (Phi) is 5.63. The van der Waals surface area contributed by atoms with E-state index in [1.807, 2.05) is 9.80 Å². The number of nitrogens with two attached hydrogens (primary N) is 1. The smallest absolute Gasteiger partial charge is 0.409 e. The molecule has 0 unspecified atom stereocenters. The summed E-state index contributed by atoms with van der Waals surface area (Å²) in [5.41, 5.74) is 5.37. The van der Waals surface area contributed by atoms with Gasteiger partial charge in [0.1, 0.15) is 0 Å². The van der Waals surface area contributed by atoms with Gasteiger partial charge >= 0.3 is 6.36 Å². The molecule has 18 heavy (non-hydrogen) atoms. The number of rotatable bonds is 5. The van der Waals surface area contributed by atoms with Crippen LogP contribution in [-0.2, 0) is 4.74 Å². The van der Waals surface area contributed by atoms with E-state index in [4.69, 9.17) is 10.9 Å². The van der Waals surface area contributed by atoms with Crippen molar-refractivity contribution in [2.75, 3.05) is 45.9 Å². The van der Waals surface area contributed by atoms with E-state index in [1.54, 1.807) is 0 Å². The first-order valence-corrected chi connectivity index (χ1v) is 5.52. The van der Waals surface area contributed by atoms with Crippen LogP contribution in [-0.4, -0.2) is 73.1 Å². The quantitative estimate of drug-likeness (QED) is 0.315. The fourth-order valence-electron chi connectivity index (χ4n) is 1.72. The third kappa shape index (κ3) is 6.03. The summed E-state index contributed by atoms with van der Waals surface area (Å²) in [6, 6.07) is 0. The van der Waals surface area contributed by atoms with E-state index in [0.29, 0.717) is 32.7 Å². The normalized spacial score (nSPS) is 20.3. The predicted molar refractivity (Wildman–Crippen MR) is 58.3 cm³/mol. The van der Waals surface area contributed by atoms with Gasteiger partial charge in [-0.3, -0.25) is 14.5 Å². The average molecular weight is 270 g/mol. The van der Waals surface area contributed by atoms with Gasteiger partial charge in [-0.15, -0.1) is 13.2 Å². The van der Waals surface area contributed by atoms with E-state index < -0.39 is 6.36 Å². The second kappa shape index (κ2) is 6.76. The predicted octanol–water partition coefficient (Wildman–Crippen LogP) is -0.113. The van der Waals surface area contributed by atoms with Crippen molar-refractivity contribution in [1.29, 1.82) is 0 Å². The highest BCUT2D eigenvalue weighted by atomic mass is 19.4. The highest BCUT2D eigenvalue weighted by Crippen LogP contribution is 2.15. The van der Waals surface area contributed by atoms with Crippen molar-refractivity contribution in [3.63, 3.8) is 0 Å². The Hall–Kier alpha value is -1.06. The molecule has 6 nitrogen and oxygen atoms in total. The summed E-state index contributed by atoms with van der Waals surface area (Å²) in [5.74, 6) is 0.129. The molecule has 0 radical (unpaired) electrons. The Morgan fingerprint density at radius 2 is 1.78 bits per heavy atom. The van der Waals surface area contributed by atoms with Gasteiger partial charge in [-0.2, -0.15) is 0 Å². The van der Waals surface area contributed by atoms with Gasteiger partial charge in [0.05, 0.1) is 13.2 Å². The zero-order valence-electron chi connectivity index (χ0n) is 9.86. The number of piperazine rings is 1. The number of nitrogens with zero attached hydrogens (tertiary/aromatic N) is 3. The molecule has 1 heterocycles. The minimum atomic E-state index is -4.56. The second-order valence-electron chi connectivity index (χ2n) is 4.00. The van der Waals surface area contributed by atoms with Crippen molar-refractivity contribution in [1.82, 2.24) is 9.80 Å². The minimum Gasteiger partial charge on any atom is -0.409 e. The van der Waals surface area contributed by atoms with Crippen LogP contribution in [0.1, 0.15) is 0 Å². The van der Waals surface area contributed by atoms with E-state index in [2.05, 4.69) is 9.89 Å². The summed E-state index contributed by atoms with van der Waals surface area (Å²) < 4.78 is 39.0. The van der Waals surface area contributed by atoms with Gasteiger partial charge in [0.15, 0.2) is 5.84 Å². The standard InChI is InChI=1S/C9H17F3N4O2/c10-9(11,12)18-6-5-15-1-3-16(4-2-15)7-8(13)14-17/h17H,1-7H2,(H2,13,14). The Morgan fingerprint density at radius 3 is 2.28 bits per heavy atom. The molecule has 0 spiro atoms. The molecular weight excluding hydrogens is 253 g/mol. The fourth-order valence-corrected chi connectivity index (χ4v) is 1.72. The SMILES string of the molecule is NC(CN1CCN(CCOC(F)(F)F)CC1)=NO. The summed E-state index contributed by atoms with van der Waals surface area (Å²) in [6.07, 6.45) is -4.56. The molecule has 0 saturated carbocycles. The molecule has 1 fully saturated rings. The third-order valence-corrected chi connectivity index (χ3v) is 2.65. The Bertz CT molecular complexity index is 277. The van der Waals surface area contributed by atoms with E-state index in [-0.39, 0.29) is 19.0 Å². The molecule has 0 aromatic rings. The van der Waals surface area contributed by atoms with Crippen LogP contribution in [0.3, 0.4) is 0 Å².